The molecular formula is C22H24O5. The monoisotopic (exact) mass is 368 g/mol. The van der Waals surface area contributed by atoms with Crippen LogP contribution >= 0.6 is 0 Å². The summed E-state index contributed by atoms with van der Waals surface area (Å²) in [5.41, 5.74) is 1.88. The lowest BCUT2D eigenvalue weighted by atomic mass is 10.1. The number of ether oxygens (including phenoxy) is 4. The summed E-state index contributed by atoms with van der Waals surface area (Å²) in [6.45, 7) is 0. The van der Waals surface area contributed by atoms with E-state index in [9.17, 15) is 5.11 Å². The summed E-state index contributed by atoms with van der Waals surface area (Å²) >= 11 is 0. The molecule has 0 saturated carbocycles. The number of phenolic OH excluding ortho intramolecular Hbond substituents is 1. The van der Waals surface area contributed by atoms with Crippen molar-refractivity contribution in [2.24, 2.45) is 0 Å². The molecule has 27 heavy (non-hydrogen) atoms. The number of hydrogen-bond donors (Lipinski definition) is 1. The molecule has 4 bridgehead atoms. The number of fused-ring (bicyclic) bond motifs is 6. The number of phenols is 1. The van der Waals surface area contributed by atoms with Crippen molar-refractivity contribution < 1.29 is 24.1 Å². The summed E-state index contributed by atoms with van der Waals surface area (Å²) < 4.78 is 22.2. The Morgan fingerprint density at radius 3 is 2.41 bits per heavy atom. The highest BCUT2D eigenvalue weighted by atomic mass is 16.5. The van der Waals surface area contributed by atoms with Gasteiger partial charge in [0.1, 0.15) is 5.75 Å². The maximum Gasteiger partial charge on any atom is 0.207 e. The molecular weight excluding hydrogens is 344 g/mol. The summed E-state index contributed by atoms with van der Waals surface area (Å²) in [6, 6.07) is 9.65. The molecule has 2 aromatic rings. The fraction of sp³-hybridized carbons (Fsp3) is 0.273. The Bertz CT molecular complexity index is 837. The summed E-state index contributed by atoms with van der Waals surface area (Å²) in [7, 11) is 4.70. The lowest BCUT2D eigenvalue weighted by molar-refractivity contribution is 0.134. The zero-order valence-electron chi connectivity index (χ0n) is 15.8. The standard InChI is InChI=1S/C22H24O5/c1-24-17-7-5-4-6-16-14-19(22(26-3)20(23)21(16)25-2)27-18-12-9-15(8-11-17)10-13-18/h4-7,9-10,12-14,17,23H,8,11H2,1-3H3/b6-4-,7-5?. The van der Waals surface area contributed by atoms with Gasteiger partial charge < -0.3 is 24.1 Å². The molecule has 1 N–H and O–H groups in total. The number of methoxy groups -OCH3 is 3. The molecule has 0 saturated heterocycles. The van der Waals surface area contributed by atoms with E-state index in [0.29, 0.717) is 22.8 Å². The van der Waals surface area contributed by atoms with Gasteiger partial charge in [0.15, 0.2) is 11.5 Å². The van der Waals surface area contributed by atoms with E-state index in [2.05, 4.69) is 0 Å². The Balaban J connectivity index is 2.11. The zero-order valence-corrected chi connectivity index (χ0v) is 15.8. The van der Waals surface area contributed by atoms with Crippen LogP contribution in [0.15, 0.2) is 48.6 Å². The van der Waals surface area contributed by atoms with E-state index in [1.807, 2.05) is 48.6 Å². The molecule has 2 aliphatic rings. The van der Waals surface area contributed by atoms with E-state index < -0.39 is 0 Å². The van der Waals surface area contributed by atoms with Crippen LogP contribution < -0.4 is 14.2 Å². The average molecular weight is 368 g/mol. The molecule has 4 rings (SSSR count). The van der Waals surface area contributed by atoms with Gasteiger partial charge in [-0.2, -0.15) is 0 Å². The van der Waals surface area contributed by atoms with Gasteiger partial charge in [-0.05, 0) is 36.6 Å². The summed E-state index contributed by atoms with van der Waals surface area (Å²) in [4.78, 5) is 0. The van der Waals surface area contributed by atoms with Gasteiger partial charge in [-0.25, -0.2) is 0 Å². The average Bonchev–Trinajstić information content (AvgIpc) is 2.69. The van der Waals surface area contributed by atoms with Crippen LogP contribution in [0.2, 0.25) is 0 Å². The van der Waals surface area contributed by atoms with Gasteiger partial charge in [-0.3, -0.25) is 0 Å². The van der Waals surface area contributed by atoms with Crippen molar-refractivity contribution in [2.45, 2.75) is 18.9 Å². The maximum absolute atomic E-state index is 10.6. The third kappa shape index (κ3) is 4.26. The van der Waals surface area contributed by atoms with Crippen LogP contribution in [0.3, 0.4) is 0 Å². The summed E-state index contributed by atoms with van der Waals surface area (Å²) in [6.07, 6.45) is 9.47. The van der Waals surface area contributed by atoms with Crippen molar-refractivity contribution in [1.29, 1.82) is 0 Å². The molecule has 5 heteroatoms. The largest absolute Gasteiger partial charge is 0.502 e. The minimum Gasteiger partial charge on any atom is -0.502 e. The molecule has 2 aromatic carbocycles. The van der Waals surface area contributed by atoms with E-state index in [0.717, 1.165) is 12.8 Å². The number of rotatable bonds is 3. The molecule has 0 aromatic heterocycles. The smallest absolute Gasteiger partial charge is 0.207 e. The molecule has 2 aliphatic heterocycles. The Morgan fingerprint density at radius 1 is 1.00 bits per heavy atom. The van der Waals surface area contributed by atoms with Crippen molar-refractivity contribution in [3.8, 4) is 28.7 Å². The lowest BCUT2D eigenvalue weighted by Crippen LogP contribution is -2.08. The molecule has 142 valence electrons. The second kappa shape index (κ2) is 8.64. The Morgan fingerprint density at radius 2 is 1.74 bits per heavy atom. The first kappa shape index (κ1) is 18.9. The fourth-order valence-electron chi connectivity index (χ4n) is 3.04. The molecule has 1 atom stereocenters. The molecule has 0 fully saturated rings. The predicted octanol–water partition coefficient (Wildman–Crippen LogP) is 4.73. The van der Waals surface area contributed by atoms with Crippen LogP contribution in [0.25, 0.3) is 6.08 Å². The van der Waals surface area contributed by atoms with E-state index in [-0.39, 0.29) is 17.6 Å². The molecule has 0 radical (unpaired) electrons. The number of aryl methyl sites for hydroxylation is 1. The summed E-state index contributed by atoms with van der Waals surface area (Å²) in [5.74, 6) is 1.53. The lowest BCUT2D eigenvalue weighted by Gasteiger charge is -2.16. The van der Waals surface area contributed by atoms with Gasteiger partial charge in [0.25, 0.3) is 0 Å². The first-order valence-electron chi connectivity index (χ1n) is 8.78. The highest BCUT2D eigenvalue weighted by Crippen LogP contribution is 2.47. The number of hydrogen-bond acceptors (Lipinski definition) is 5. The van der Waals surface area contributed by atoms with Crippen LogP contribution in [0.5, 0.6) is 28.7 Å². The van der Waals surface area contributed by atoms with Gasteiger partial charge in [0, 0.05) is 12.7 Å². The fourth-order valence-corrected chi connectivity index (χ4v) is 3.04. The first-order valence-corrected chi connectivity index (χ1v) is 8.78. The van der Waals surface area contributed by atoms with E-state index in [1.165, 1.54) is 19.8 Å². The van der Waals surface area contributed by atoms with Crippen LogP contribution in [-0.2, 0) is 11.2 Å². The highest BCUT2D eigenvalue weighted by molar-refractivity contribution is 5.71. The normalized spacial score (nSPS) is 17.5. The predicted molar refractivity (Wildman–Crippen MR) is 105 cm³/mol. The number of aromatic hydroxyl groups is 1. The third-order valence-electron chi connectivity index (χ3n) is 4.50. The van der Waals surface area contributed by atoms with Gasteiger partial charge in [-0.15, -0.1) is 0 Å². The van der Waals surface area contributed by atoms with Crippen LogP contribution in [-0.4, -0.2) is 32.5 Å². The topological polar surface area (TPSA) is 57.2 Å². The van der Waals surface area contributed by atoms with E-state index in [1.54, 1.807) is 13.2 Å². The van der Waals surface area contributed by atoms with Crippen LogP contribution in [0.1, 0.15) is 17.5 Å². The molecule has 1 unspecified atom stereocenters. The minimum absolute atomic E-state index is 0.0254. The van der Waals surface area contributed by atoms with Gasteiger partial charge in [-0.1, -0.05) is 36.4 Å². The van der Waals surface area contributed by atoms with Gasteiger partial charge >= 0.3 is 0 Å². The molecule has 0 amide bonds. The zero-order chi connectivity index (χ0) is 19.2. The molecule has 0 aliphatic carbocycles. The van der Waals surface area contributed by atoms with Crippen molar-refractivity contribution in [3.63, 3.8) is 0 Å². The first-order chi connectivity index (χ1) is 13.2. The van der Waals surface area contributed by atoms with Crippen LogP contribution in [0, 0.1) is 0 Å². The molecule has 2 heterocycles. The highest BCUT2D eigenvalue weighted by Gasteiger charge is 2.20. The quantitative estimate of drug-likeness (QED) is 0.849. The van der Waals surface area contributed by atoms with Crippen molar-refractivity contribution in [1.82, 2.24) is 0 Å². The van der Waals surface area contributed by atoms with Crippen molar-refractivity contribution in [2.75, 3.05) is 21.3 Å². The summed E-state index contributed by atoms with van der Waals surface area (Å²) in [5, 5.41) is 10.6. The Hall–Kier alpha value is -2.92. The maximum atomic E-state index is 10.6. The van der Waals surface area contributed by atoms with Crippen molar-refractivity contribution >= 4 is 6.08 Å². The van der Waals surface area contributed by atoms with E-state index in [4.69, 9.17) is 18.9 Å². The minimum atomic E-state index is -0.100. The van der Waals surface area contributed by atoms with Gasteiger partial charge in [0.05, 0.1) is 20.3 Å². The Labute approximate surface area is 159 Å². The Kier molecular flexibility index (Phi) is 6.04. The molecule has 0 spiro atoms. The van der Waals surface area contributed by atoms with Gasteiger partial charge in [0.2, 0.25) is 11.5 Å². The van der Waals surface area contributed by atoms with Crippen molar-refractivity contribution in [3.05, 3.63) is 59.7 Å². The number of benzene rings is 2. The van der Waals surface area contributed by atoms with E-state index >= 15 is 0 Å². The number of allylic oxidation sites excluding steroid dienone is 2. The second-order valence-electron chi connectivity index (χ2n) is 6.18. The molecule has 5 nitrogen and oxygen atoms in total. The van der Waals surface area contributed by atoms with Crippen LogP contribution in [0.4, 0.5) is 0 Å². The SMILES string of the molecule is COc1c2cc(c(OC)c1O)Oc1ccc(cc1)CCC(OC)C=C/C=C\2. The second-order valence-corrected chi connectivity index (χ2v) is 6.18. The third-order valence-corrected chi connectivity index (χ3v) is 4.50.